The number of esters is 1. The van der Waals surface area contributed by atoms with Gasteiger partial charge in [0.05, 0.1) is 36.2 Å². The van der Waals surface area contributed by atoms with Gasteiger partial charge in [0.2, 0.25) is 0 Å². The summed E-state index contributed by atoms with van der Waals surface area (Å²) in [5, 5.41) is 0.992. The monoisotopic (exact) mass is 386 g/mol. The second kappa shape index (κ2) is 7.55. The van der Waals surface area contributed by atoms with E-state index in [1.165, 1.54) is 16.5 Å². The van der Waals surface area contributed by atoms with Crippen LogP contribution in [-0.4, -0.2) is 43.0 Å². The lowest BCUT2D eigenvalue weighted by molar-refractivity contribution is -0.146. The van der Waals surface area contributed by atoms with Gasteiger partial charge >= 0.3 is 5.97 Å². The summed E-state index contributed by atoms with van der Waals surface area (Å²) in [6.45, 7) is 1.41. The zero-order valence-corrected chi connectivity index (χ0v) is 15.9. The van der Waals surface area contributed by atoms with Gasteiger partial charge in [0, 0.05) is 4.90 Å². The van der Waals surface area contributed by atoms with Gasteiger partial charge in [-0.25, -0.2) is 4.98 Å². The molecule has 0 radical (unpaired) electrons. The molecule has 1 fully saturated rings. The second-order valence-corrected chi connectivity index (χ2v) is 8.00. The number of nitrogens with zero attached hydrogens (tertiary/aromatic N) is 2. The highest BCUT2D eigenvalue weighted by atomic mass is 32.2. The topological polar surface area (TPSA) is 51.7 Å². The van der Waals surface area contributed by atoms with Gasteiger partial charge in [-0.05, 0) is 36.4 Å². The van der Waals surface area contributed by atoms with Gasteiger partial charge in [-0.3, -0.25) is 4.79 Å². The van der Waals surface area contributed by atoms with Gasteiger partial charge in [0.15, 0.2) is 5.13 Å². The molecule has 26 heavy (non-hydrogen) atoms. The average molecular weight is 386 g/mol. The van der Waals surface area contributed by atoms with E-state index in [0.29, 0.717) is 18.8 Å². The normalized spacial score (nSPS) is 14.3. The number of para-hydroxylation sites is 1. The first-order chi connectivity index (χ1) is 12.7. The van der Waals surface area contributed by atoms with Crippen LogP contribution in [0, 0.1) is 0 Å². The van der Waals surface area contributed by atoms with Crippen LogP contribution in [0.15, 0.2) is 53.4 Å². The first-order valence-corrected chi connectivity index (χ1v) is 10.1. The maximum Gasteiger partial charge on any atom is 0.316 e. The van der Waals surface area contributed by atoms with Crippen LogP contribution in [0.25, 0.3) is 10.2 Å². The van der Waals surface area contributed by atoms with Crippen LogP contribution in [-0.2, 0) is 9.53 Å². The number of fused-ring (bicyclic) bond motifs is 1. The van der Waals surface area contributed by atoms with Crippen molar-refractivity contribution in [3.05, 3.63) is 48.5 Å². The number of rotatable bonds is 6. The number of anilines is 1. The SMILES string of the molecule is COc1ccc(SCC(=O)OC2CN(c3nc4ccccc4s3)C2)cc1. The zero-order valence-electron chi connectivity index (χ0n) is 14.3. The second-order valence-electron chi connectivity index (χ2n) is 5.95. The molecule has 4 rings (SSSR count). The highest BCUT2D eigenvalue weighted by Gasteiger charge is 2.32. The Morgan fingerprint density at radius 2 is 2.00 bits per heavy atom. The van der Waals surface area contributed by atoms with Crippen molar-refractivity contribution in [1.82, 2.24) is 4.98 Å². The molecular weight excluding hydrogens is 368 g/mol. The highest BCUT2D eigenvalue weighted by Crippen LogP contribution is 2.32. The van der Waals surface area contributed by atoms with Gasteiger partial charge in [0.25, 0.3) is 0 Å². The van der Waals surface area contributed by atoms with Crippen molar-refractivity contribution in [3.63, 3.8) is 0 Å². The molecule has 134 valence electrons. The Hall–Kier alpha value is -2.25. The molecule has 0 bridgehead atoms. The van der Waals surface area contributed by atoms with Crippen LogP contribution in [0.1, 0.15) is 0 Å². The first-order valence-electron chi connectivity index (χ1n) is 8.28. The summed E-state index contributed by atoms with van der Waals surface area (Å²) >= 11 is 3.14. The summed E-state index contributed by atoms with van der Waals surface area (Å²) in [6.07, 6.45) is -0.0500. The quantitative estimate of drug-likeness (QED) is 0.474. The number of hydrogen-bond acceptors (Lipinski definition) is 7. The smallest absolute Gasteiger partial charge is 0.316 e. The van der Waals surface area contributed by atoms with E-state index in [1.54, 1.807) is 18.4 Å². The summed E-state index contributed by atoms with van der Waals surface area (Å²) < 4.78 is 11.8. The van der Waals surface area contributed by atoms with E-state index in [2.05, 4.69) is 16.0 Å². The van der Waals surface area contributed by atoms with Crippen LogP contribution in [0.2, 0.25) is 0 Å². The van der Waals surface area contributed by atoms with Crippen LogP contribution < -0.4 is 9.64 Å². The van der Waals surface area contributed by atoms with Crippen molar-refractivity contribution in [3.8, 4) is 5.75 Å². The van der Waals surface area contributed by atoms with Crippen molar-refractivity contribution < 1.29 is 14.3 Å². The lowest BCUT2D eigenvalue weighted by atomic mass is 10.2. The lowest BCUT2D eigenvalue weighted by Crippen LogP contribution is -2.53. The molecule has 0 saturated carbocycles. The van der Waals surface area contributed by atoms with E-state index in [0.717, 1.165) is 21.3 Å². The van der Waals surface area contributed by atoms with Crippen LogP contribution in [0.3, 0.4) is 0 Å². The number of aromatic nitrogens is 1. The summed E-state index contributed by atoms with van der Waals surface area (Å²) in [7, 11) is 1.63. The van der Waals surface area contributed by atoms with E-state index >= 15 is 0 Å². The third-order valence-electron chi connectivity index (χ3n) is 4.12. The number of hydrogen-bond donors (Lipinski definition) is 0. The lowest BCUT2D eigenvalue weighted by Gasteiger charge is -2.38. The van der Waals surface area contributed by atoms with Crippen molar-refractivity contribution in [1.29, 1.82) is 0 Å². The molecule has 0 atom stereocenters. The zero-order chi connectivity index (χ0) is 17.9. The summed E-state index contributed by atoms with van der Waals surface area (Å²) in [5.74, 6) is 0.936. The Morgan fingerprint density at radius 1 is 1.23 bits per heavy atom. The fraction of sp³-hybridized carbons (Fsp3) is 0.263. The summed E-state index contributed by atoms with van der Waals surface area (Å²) in [5.41, 5.74) is 1.02. The maximum absolute atomic E-state index is 12.0. The fourth-order valence-electron chi connectivity index (χ4n) is 2.70. The first kappa shape index (κ1) is 17.2. The van der Waals surface area contributed by atoms with Crippen LogP contribution in [0.4, 0.5) is 5.13 Å². The summed E-state index contributed by atoms with van der Waals surface area (Å²) in [4.78, 5) is 19.8. The molecular formula is C19H18N2O3S2. The van der Waals surface area contributed by atoms with Gasteiger partial charge in [-0.1, -0.05) is 23.5 Å². The molecule has 5 nitrogen and oxygen atoms in total. The number of thiazole rings is 1. The van der Waals surface area contributed by atoms with Crippen molar-refractivity contribution in [2.24, 2.45) is 0 Å². The minimum absolute atomic E-state index is 0.0500. The molecule has 1 aromatic heterocycles. The molecule has 0 spiro atoms. The number of carbonyl (C=O) groups is 1. The standard InChI is InChI=1S/C19H18N2O3S2/c1-23-13-6-8-15(9-7-13)25-12-18(22)24-14-10-21(11-14)19-20-16-4-2-3-5-17(16)26-19/h2-9,14H,10-12H2,1H3. The van der Waals surface area contributed by atoms with E-state index in [1.807, 2.05) is 42.5 Å². The molecule has 2 heterocycles. The minimum atomic E-state index is -0.181. The van der Waals surface area contributed by atoms with Crippen LogP contribution >= 0.6 is 23.1 Å². The third kappa shape index (κ3) is 3.78. The molecule has 1 aliphatic heterocycles. The Kier molecular flexibility index (Phi) is 4.99. The number of methoxy groups -OCH3 is 1. The van der Waals surface area contributed by atoms with E-state index < -0.39 is 0 Å². The predicted molar refractivity (Wildman–Crippen MR) is 105 cm³/mol. The van der Waals surface area contributed by atoms with E-state index in [9.17, 15) is 4.79 Å². The molecule has 0 unspecified atom stereocenters. The molecule has 0 amide bonds. The predicted octanol–water partition coefficient (Wildman–Crippen LogP) is 3.83. The largest absolute Gasteiger partial charge is 0.497 e. The maximum atomic E-state index is 12.0. The van der Waals surface area contributed by atoms with Gasteiger partial charge in [0.1, 0.15) is 11.9 Å². The summed E-state index contributed by atoms with van der Waals surface area (Å²) in [6, 6.07) is 15.8. The molecule has 0 aliphatic carbocycles. The van der Waals surface area contributed by atoms with E-state index in [-0.39, 0.29) is 12.1 Å². The van der Waals surface area contributed by atoms with Crippen molar-refractivity contribution in [2.75, 3.05) is 30.9 Å². The molecule has 1 aliphatic rings. The number of carbonyl (C=O) groups excluding carboxylic acids is 1. The highest BCUT2D eigenvalue weighted by molar-refractivity contribution is 8.00. The molecule has 7 heteroatoms. The Balaban J connectivity index is 1.23. The Labute approximate surface area is 159 Å². The molecule has 3 aromatic rings. The van der Waals surface area contributed by atoms with Crippen molar-refractivity contribution >= 4 is 44.4 Å². The molecule has 2 aromatic carbocycles. The fourth-order valence-corrected chi connectivity index (χ4v) is 4.36. The Bertz CT molecular complexity index is 872. The molecule has 0 N–H and O–H groups in total. The van der Waals surface area contributed by atoms with Crippen LogP contribution in [0.5, 0.6) is 5.75 Å². The average Bonchev–Trinajstić information content (AvgIpc) is 3.06. The van der Waals surface area contributed by atoms with Gasteiger partial charge in [-0.15, -0.1) is 11.8 Å². The number of thioether (sulfide) groups is 1. The Morgan fingerprint density at radius 3 is 2.73 bits per heavy atom. The van der Waals surface area contributed by atoms with E-state index in [4.69, 9.17) is 9.47 Å². The minimum Gasteiger partial charge on any atom is -0.497 e. The number of ether oxygens (including phenoxy) is 2. The number of benzene rings is 2. The molecule has 1 saturated heterocycles. The van der Waals surface area contributed by atoms with Crippen molar-refractivity contribution in [2.45, 2.75) is 11.0 Å². The van der Waals surface area contributed by atoms with Gasteiger partial charge < -0.3 is 14.4 Å². The third-order valence-corrected chi connectivity index (χ3v) is 6.20. The van der Waals surface area contributed by atoms with Gasteiger partial charge in [-0.2, -0.15) is 0 Å².